The monoisotopic (exact) mass is 298 g/mol. The molecule has 0 saturated heterocycles. The SMILES string of the molecule is CC1CCCCCC1NC(=O)c1cc(Br)c[nH]1. The standard InChI is InChI=1S/C13H19BrN2O/c1-9-5-3-2-4-6-11(9)16-13(17)12-7-10(14)8-15-12/h7-9,11,15H,2-6H2,1H3,(H,16,17). The van der Waals surface area contributed by atoms with E-state index in [9.17, 15) is 4.79 Å². The molecule has 2 rings (SSSR count). The molecule has 0 spiro atoms. The van der Waals surface area contributed by atoms with E-state index in [1.54, 1.807) is 6.20 Å². The summed E-state index contributed by atoms with van der Waals surface area (Å²) in [6.45, 7) is 2.24. The summed E-state index contributed by atoms with van der Waals surface area (Å²) in [6.07, 6.45) is 7.93. The van der Waals surface area contributed by atoms with Crippen molar-refractivity contribution in [1.82, 2.24) is 10.3 Å². The first-order valence-corrected chi connectivity index (χ1v) is 7.11. The zero-order chi connectivity index (χ0) is 12.3. The van der Waals surface area contributed by atoms with Crippen molar-refractivity contribution in [1.29, 1.82) is 0 Å². The van der Waals surface area contributed by atoms with Gasteiger partial charge in [-0.2, -0.15) is 0 Å². The van der Waals surface area contributed by atoms with E-state index in [1.165, 1.54) is 25.7 Å². The number of hydrogen-bond donors (Lipinski definition) is 2. The van der Waals surface area contributed by atoms with Crippen LogP contribution in [0.2, 0.25) is 0 Å². The average molecular weight is 299 g/mol. The highest BCUT2D eigenvalue weighted by molar-refractivity contribution is 9.10. The van der Waals surface area contributed by atoms with Crippen LogP contribution < -0.4 is 5.32 Å². The Labute approximate surface area is 110 Å². The van der Waals surface area contributed by atoms with Crippen molar-refractivity contribution < 1.29 is 4.79 Å². The van der Waals surface area contributed by atoms with Crippen LogP contribution in [0.5, 0.6) is 0 Å². The number of H-pyrrole nitrogens is 1. The van der Waals surface area contributed by atoms with Gasteiger partial charge in [0.05, 0.1) is 0 Å². The summed E-state index contributed by atoms with van der Waals surface area (Å²) in [5.41, 5.74) is 0.633. The second-order valence-corrected chi connectivity index (χ2v) is 5.84. The highest BCUT2D eigenvalue weighted by atomic mass is 79.9. The Morgan fingerprint density at radius 2 is 2.18 bits per heavy atom. The van der Waals surface area contributed by atoms with E-state index in [4.69, 9.17) is 0 Å². The van der Waals surface area contributed by atoms with Crippen LogP contribution >= 0.6 is 15.9 Å². The lowest BCUT2D eigenvalue weighted by molar-refractivity contribution is 0.0917. The molecule has 4 heteroatoms. The molecule has 0 aromatic carbocycles. The van der Waals surface area contributed by atoms with E-state index in [0.29, 0.717) is 17.7 Å². The van der Waals surface area contributed by atoms with E-state index in [-0.39, 0.29) is 5.91 Å². The number of aromatic nitrogens is 1. The van der Waals surface area contributed by atoms with Gasteiger partial charge in [-0.1, -0.05) is 26.2 Å². The number of amides is 1. The number of carbonyl (C=O) groups excluding carboxylic acids is 1. The summed E-state index contributed by atoms with van der Waals surface area (Å²) in [5.74, 6) is 0.592. The zero-order valence-corrected chi connectivity index (χ0v) is 11.7. The molecule has 2 atom stereocenters. The fraction of sp³-hybridized carbons (Fsp3) is 0.615. The molecule has 1 saturated carbocycles. The van der Waals surface area contributed by atoms with Gasteiger partial charge in [0.2, 0.25) is 0 Å². The van der Waals surface area contributed by atoms with Crippen molar-refractivity contribution in [2.24, 2.45) is 5.92 Å². The van der Waals surface area contributed by atoms with E-state index in [1.807, 2.05) is 6.07 Å². The molecule has 2 N–H and O–H groups in total. The molecule has 94 valence electrons. The molecule has 3 nitrogen and oxygen atoms in total. The summed E-state index contributed by atoms with van der Waals surface area (Å²) in [5, 5.41) is 3.15. The molecule has 17 heavy (non-hydrogen) atoms. The van der Waals surface area contributed by atoms with E-state index in [0.717, 1.165) is 10.9 Å². The van der Waals surface area contributed by atoms with Crippen molar-refractivity contribution in [2.45, 2.75) is 45.1 Å². The van der Waals surface area contributed by atoms with Gasteiger partial charge in [0.1, 0.15) is 5.69 Å². The molecule has 1 aromatic rings. The summed E-state index contributed by atoms with van der Waals surface area (Å²) < 4.78 is 0.913. The van der Waals surface area contributed by atoms with Crippen LogP contribution in [0.3, 0.4) is 0 Å². The predicted octanol–water partition coefficient (Wildman–Crippen LogP) is 3.48. The summed E-state index contributed by atoms with van der Waals surface area (Å²) in [6, 6.07) is 2.14. The molecular formula is C13H19BrN2O. The predicted molar refractivity (Wildman–Crippen MR) is 72.0 cm³/mol. The van der Waals surface area contributed by atoms with Crippen LogP contribution in [0.4, 0.5) is 0 Å². The van der Waals surface area contributed by atoms with E-state index < -0.39 is 0 Å². The highest BCUT2D eigenvalue weighted by Gasteiger charge is 2.22. The van der Waals surface area contributed by atoms with Gasteiger partial charge < -0.3 is 10.3 Å². The first-order valence-electron chi connectivity index (χ1n) is 6.31. The number of aromatic amines is 1. The quantitative estimate of drug-likeness (QED) is 0.807. The number of nitrogens with one attached hydrogen (secondary N) is 2. The number of halogens is 1. The van der Waals surface area contributed by atoms with Crippen molar-refractivity contribution in [3.8, 4) is 0 Å². The number of rotatable bonds is 2. The minimum Gasteiger partial charge on any atom is -0.356 e. The molecule has 1 heterocycles. The molecule has 1 aliphatic rings. The zero-order valence-electron chi connectivity index (χ0n) is 10.1. The molecule has 0 bridgehead atoms. The summed E-state index contributed by atoms with van der Waals surface area (Å²) in [4.78, 5) is 15.0. The van der Waals surface area contributed by atoms with Gasteiger partial charge in [-0.15, -0.1) is 0 Å². The summed E-state index contributed by atoms with van der Waals surface area (Å²) >= 11 is 3.34. The van der Waals surface area contributed by atoms with Crippen LogP contribution in [-0.2, 0) is 0 Å². The Hall–Kier alpha value is -0.770. The molecule has 1 amide bonds. The Kier molecular flexibility index (Phi) is 4.26. The molecule has 2 unspecified atom stereocenters. The Morgan fingerprint density at radius 3 is 2.88 bits per heavy atom. The van der Waals surface area contributed by atoms with Crippen LogP contribution in [0.1, 0.15) is 49.5 Å². The largest absolute Gasteiger partial charge is 0.356 e. The molecular weight excluding hydrogens is 280 g/mol. The van der Waals surface area contributed by atoms with Crippen molar-refractivity contribution in [2.75, 3.05) is 0 Å². The topological polar surface area (TPSA) is 44.9 Å². The van der Waals surface area contributed by atoms with E-state index >= 15 is 0 Å². The minimum atomic E-state index is 0.00875. The van der Waals surface area contributed by atoms with E-state index in [2.05, 4.69) is 33.2 Å². The fourth-order valence-corrected chi connectivity index (χ4v) is 2.80. The Bertz CT molecular complexity index is 389. The lowest BCUT2D eigenvalue weighted by Crippen LogP contribution is -2.38. The third kappa shape index (κ3) is 3.35. The average Bonchev–Trinajstić information content (AvgIpc) is 2.63. The first-order chi connectivity index (χ1) is 8.16. The molecule has 0 radical (unpaired) electrons. The normalized spacial score (nSPS) is 25.3. The van der Waals surface area contributed by atoms with Gasteiger partial charge in [0.25, 0.3) is 5.91 Å². The van der Waals surface area contributed by atoms with Crippen LogP contribution in [0.25, 0.3) is 0 Å². The van der Waals surface area contributed by atoms with Gasteiger partial charge in [-0.3, -0.25) is 4.79 Å². The fourth-order valence-electron chi connectivity index (χ4n) is 2.45. The smallest absolute Gasteiger partial charge is 0.267 e. The number of hydrogen-bond acceptors (Lipinski definition) is 1. The van der Waals surface area contributed by atoms with Crippen LogP contribution in [0.15, 0.2) is 16.7 Å². The minimum absolute atomic E-state index is 0.00875. The first kappa shape index (κ1) is 12.7. The van der Waals surface area contributed by atoms with Crippen molar-refractivity contribution >= 4 is 21.8 Å². The van der Waals surface area contributed by atoms with Crippen LogP contribution in [0, 0.1) is 5.92 Å². The third-order valence-electron chi connectivity index (χ3n) is 3.57. The molecule has 1 fully saturated rings. The lowest BCUT2D eigenvalue weighted by Gasteiger charge is -2.22. The van der Waals surface area contributed by atoms with Crippen molar-refractivity contribution in [3.63, 3.8) is 0 Å². The maximum Gasteiger partial charge on any atom is 0.267 e. The van der Waals surface area contributed by atoms with Gasteiger partial charge in [0.15, 0.2) is 0 Å². The Balaban J connectivity index is 1.97. The summed E-state index contributed by atoms with van der Waals surface area (Å²) in [7, 11) is 0. The second-order valence-electron chi connectivity index (χ2n) is 4.93. The van der Waals surface area contributed by atoms with Gasteiger partial charge in [-0.25, -0.2) is 0 Å². The maximum atomic E-state index is 12.0. The number of carbonyl (C=O) groups is 1. The van der Waals surface area contributed by atoms with Gasteiger partial charge in [0, 0.05) is 16.7 Å². The van der Waals surface area contributed by atoms with Crippen LogP contribution in [-0.4, -0.2) is 16.9 Å². The Morgan fingerprint density at radius 1 is 1.41 bits per heavy atom. The second kappa shape index (κ2) is 5.71. The molecule has 0 aliphatic heterocycles. The lowest BCUT2D eigenvalue weighted by atomic mass is 9.97. The van der Waals surface area contributed by atoms with Gasteiger partial charge in [-0.05, 0) is 40.8 Å². The maximum absolute atomic E-state index is 12.0. The highest BCUT2D eigenvalue weighted by Crippen LogP contribution is 2.23. The third-order valence-corrected chi connectivity index (χ3v) is 4.03. The van der Waals surface area contributed by atoms with Crippen molar-refractivity contribution in [3.05, 3.63) is 22.4 Å². The molecule has 1 aromatic heterocycles. The van der Waals surface area contributed by atoms with Gasteiger partial charge >= 0.3 is 0 Å². The molecule has 1 aliphatic carbocycles.